The lowest BCUT2D eigenvalue weighted by molar-refractivity contribution is -0.159. The molecule has 3 aliphatic rings. The Morgan fingerprint density at radius 2 is 1.71 bits per heavy atom. The van der Waals surface area contributed by atoms with Crippen molar-refractivity contribution >= 4 is 23.5 Å². The molecule has 3 fully saturated rings. The van der Waals surface area contributed by atoms with Crippen LogP contribution in [-0.4, -0.2) is 46.9 Å². The van der Waals surface area contributed by atoms with Crippen LogP contribution in [-0.2, 0) is 22.3 Å². The third kappa shape index (κ3) is 4.76. The predicted octanol–water partition coefficient (Wildman–Crippen LogP) is 3.45. The van der Waals surface area contributed by atoms with Gasteiger partial charge in [-0.15, -0.1) is 0 Å². The number of anilines is 1. The second-order valence-electron chi connectivity index (χ2n) is 9.87. The van der Waals surface area contributed by atoms with Gasteiger partial charge in [0.2, 0.25) is 5.91 Å². The first-order valence-corrected chi connectivity index (χ1v) is 12.1. The van der Waals surface area contributed by atoms with Crippen molar-refractivity contribution in [3.05, 3.63) is 65.0 Å². The Morgan fingerprint density at radius 1 is 1.05 bits per heavy atom. The molecule has 0 radical (unpaired) electrons. The molecule has 2 aliphatic carbocycles. The summed E-state index contributed by atoms with van der Waals surface area (Å²) in [5.74, 6) is -1.92. The van der Waals surface area contributed by atoms with Gasteiger partial charge in [0.05, 0.1) is 22.9 Å². The van der Waals surface area contributed by atoms with Crippen molar-refractivity contribution in [3.8, 4) is 6.07 Å². The van der Waals surface area contributed by atoms with Crippen molar-refractivity contribution < 1.29 is 31.9 Å². The molecule has 2 aromatic carbocycles. The zero-order valence-corrected chi connectivity index (χ0v) is 20.0. The monoisotopic (exact) mass is 529 g/mol. The summed E-state index contributed by atoms with van der Waals surface area (Å²) in [5.41, 5.74) is -1.97. The van der Waals surface area contributed by atoms with E-state index in [1.54, 1.807) is 0 Å². The lowest BCUT2D eigenvalue weighted by atomic mass is 9.68. The fraction of sp³-hybridized carbons (Fsp3) is 0.385. The lowest BCUT2D eigenvalue weighted by Crippen LogP contribution is -2.75. The van der Waals surface area contributed by atoms with Crippen LogP contribution in [0.25, 0.3) is 0 Å². The number of carbonyl (C=O) groups is 3. The number of nitrogens with zero attached hydrogens (tertiary/aromatic N) is 3. The summed E-state index contributed by atoms with van der Waals surface area (Å²) in [6.07, 6.45) is -2.62. The van der Waals surface area contributed by atoms with Gasteiger partial charge in [-0.2, -0.15) is 18.4 Å². The average molecular weight is 529 g/mol. The third-order valence-corrected chi connectivity index (χ3v) is 7.16. The lowest BCUT2D eigenvalue weighted by Gasteiger charge is -2.56. The third-order valence-electron chi connectivity index (χ3n) is 7.16. The van der Waals surface area contributed by atoms with Crippen LogP contribution in [0.5, 0.6) is 0 Å². The molecule has 0 unspecified atom stereocenters. The van der Waals surface area contributed by atoms with Crippen molar-refractivity contribution in [3.63, 3.8) is 0 Å². The number of hydrogen-bond donors (Lipinski definition) is 2. The van der Waals surface area contributed by atoms with Crippen molar-refractivity contribution in [1.82, 2.24) is 15.5 Å². The van der Waals surface area contributed by atoms with E-state index in [9.17, 15) is 31.9 Å². The number of alkyl halides is 3. The van der Waals surface area contributed by atoms with Crippen molar-refractivity contribution in [2.75, 3.05) is 11.4 Å². The Labute approximate surface area is 215 Å². The Hall–Kier alpha value is -4.14. The maximum absolute atomic E-state index is 14.8. The second-order valence-corrected chi connectivity index (χ2v) is 9.87. The largest absolute Gasteiger partial charge is 0.416 e. The first kappa shape index (κ1) is 25.5. The summed E-state index contributed by atoms with van der Waals surface area (Å²) in [6, 6.07) is 8.99. The average Bonchev–Trinajstić information content (AvgIpc) is 3.66. The topological polar surface area (TPSA) is 106 Å². The van der Waals surface area contributed by atoms with Crippen molar-refractivity contribution in [2.45, 2.75) is 56.0 Å². The molecule has 2 saturated carbocycles. The quantitative estimate of drug-likeness (QED) is 0.579. The highest BCUT2D eigenvalue weighted by Gasteiger charge is 2.60. The van der Waals surface area contributed by atoms with Gasteiger partial charge >= 0.3 is 12.2 Å². The predicted molar refractivity (Wildman–Crippen MR) is 126 cm³/mol. The number of hydrogen-bond acceptors (Lipinski definition) is 4. The van der Waals surface area contributed by atoms with Gasteiger partial charge in [-0.25, -0.2) is 9.18 Å². The maximum atomic E-state index is 14.8. The maximum Gasteiger partial charge on any atom is 0.416 e. The molecule has 1 heterocycles. The van der Waals surface area contributed by atoms with E-state index in [1.165, 1.54) is 29.2 Å². The number of piperazine rings is 1. The zero-order chi connectivity index (χ0) is 27.2. The minimum atomic E-state index is -4.52. The number of rotatable bonds is 5. The van der Waals surface area contributed by atoms with Gasteiger partial charge in [0.1, 0.15) is 17.9 Å². The number of amides is 4. The molecular formula is C26H23F4N5O3. The molecular weight excluding hydrogens is 506 g/mol. The first-order valence-electron chi connectivity index (χ1n) is 12.1. The van der Waals surface area contributed by atoms with Crippen molar-refractivity contribution in [2.24, 2.45) is 0 Å². The molecule has 0 atom stereocenters. The summed E-state index contributed by atoms with van der Waals surface area (Å²) < 4.78 is 53.8. The first-order chi connectivity index (χ1) is 18.0. The summed E-state index contributed by atoms with van der Waals surface area (Å²) >= 11 is 0. The molecule has 1 aliphatic heterocycles. The molecule has 2 N–H and O–H groups in total. The van der Waals surface area contributed by atoms with Crippen LogP contribution in [0.2, 0.25) is 0 Å². The molecule has 2 aromatic rings. The zero-order valence-electron chi connectivity index (χ0n) is 20.0. The summed E-state index contributed by atoms with van der Waals surface area (Å²) in [6.45, 7) is -0.613. The van der Waals surface area contributed by atoms with Gasteiger partial charge in [-0.3, -0.25) is 14.5 Å². The fourth-order valence-corrected chi connectivity index (χ4v) is 5.00. The Kier molecular flexibility index (Phi) is 6.25. The van der Waals surface area contributed by atoms with Crippen LogP contribution in [0.4, 0.5) is 28.0 Å². The molecule has 0 aromatic heterocycles. The van der Waals surface area contributed by atoms with Gasteiger partial charge in [0.25, 0.3) is 5.91 Å². The number of nitrogens with one attached hydrogen (secondary N) is 2. The van der Waals surface area contributed by atoms with E-state index in [4.69, 9.17) is 5.26 Å². The smallest absolute Gasteiger partial charge is 0.335 e. The molecule has 12 heteroatoms. The summed E-state index contributed by atoms with van der Waals surface area (Å²) in [7, 11) is 0. The molecule has 0 bridgehead atoms. The minimum absolute atomic E-state index is 0.0512. The molecule has 1 saturated heterocycles. The van der Waals surface area contributed by atoms with Crippen LogP contribution in [0, 0.1) is 17.1 Å². The van der Waals surface area contributed by atoms with Crippen LogP contribution in [0.3, 0.4) is 0 Å². The second kappa shape index (κ2) is 9.31. The van der Waals surface area contributed by atoms with Crippen LogP contribution in [0.15, 0.2) is 42.5 Å². The number of urea groups is 1. The van der Waals surface area contributed by atoms with E-state index in [0.717, 1.165) is 35.9 Å². The molecule has 5 rings (SSSR count). The highest BCUT2D eigenvalue weighted by Crippen LogP contribution is 2.44. The number of halogens is 4. The number of benzene rings is 2. The Balaban J connectivity index is 1.41. The minimum Gasteiger partial charge on any atom is -0.335 e. The van der Waals surface area contributed by atoms with Gasteiger partial charge in [0, 0.05) is 31.5 Å². The van der Waals surface area contributed by atoms with Gasteiger partial charge in [-0.05, 0) is 48.7 Å². The highest BCUT2D eigenvalue weighted by atomic mass is 19.4. The van der Waals surface area contributed by atoms with E-state index >= 15 is 0 Å². The summed E-state index contributed by atoms with van der Waals surface area (Å²) in [5, 5.41) is 14.6. The van der Waals surface area contributed by atoms with Gasteiger partial charge in [0.15, 0.2) is 0 Å². The normalized spacial score (nSPS) is 23.2. The Morgan fingerprint density at radius 3 is 2.29 bits per heavy atom. The van der Waals surface area contributed by atoms with Crippen LogP contribution < -0.4 is 15.5 Å². The van der Waals surface area contributed by atoms with E-state index in [-0.39, 0.29) is 42.7 Å². The number of nitriles is 1. The van der Waals surface area contributed by atoms with Gasteiger partial charge in [-0.1, -0.05) is 12.1 Å². The molecule has 8 nitrogen and oxygen atoms in total. The standard InChI is InChI=1S/C26H23F4N5O3/c27-20-9-16(12-31)3-8-21(20)34-14-22(36)35(13-15-1-4-17(5-2-15)26(28,29)30)25(23(34)37)10-19(11-25)33-24(38)32-18-6-7-18/h1-5,8-9,18-19H,6-7,10-11,13-14H2,(H2,32,33,38)/t19-,25-. The molecule has 198 valence electrons. The van der Waals surface area contributed by atoms with Crippen LogP contribution >= 0.6 is 0 Å². The summed E-state index contributed by atoms with van der Waals surface area (Å²) in [4.78, 5) is 41.7. The highest BCUT2D eigenvalue weighted by molar-refractivity contribution is 6.10. The molecule has 1 spiro atoms. The van der Waals surface area contributed by atoms with Crippen LogP contribution in [0.1, 0.15) is 42.4 Å². The Bertz CT molecular complexity index is 1330. The SMILES string of the molecule is N#Cc1ccc(N2CC(=O)N(Cc3ccc(C(F)(F)F)cc3)[C@]3(C[C@H](NC(=O)NC4CC4)C3)C2=O)c(F)c1. The fourth-order valence-electron chi connectivity index (χ4n) is 5.00. The van der Waals surface area contributed by atoms with E-state index < -0.39 is 47.5 Å². The number of carbonyl (C=O) groups excluding carboxylic acids is 3. The molecule has 4 amide bonds. The van der Waals surface area contributed by atoms with E-state index in [0.29, 0.717) is 5.56 Å². The van der Waals surface area contributed by atoms with Crippen molar-refractivity contribution in [1.29, 1.82) is 5.26 Å². The van der Waals surface area contributed by atoms with E-state index in [2.05, 4.69) is 10.6 Å². The molecule has 38 heavy (non-hydrogen) atoms. The van der Waals surface area contributed by atoms with Gasteiger partial charge < -0.3 is 15.5 Å². The van der Waals surface area contributed by atoms with E-state index in [1.807, 2.05) is 6.07 Å².